The number of ketones is 1. The van der Waals surface area contributed by atoms with E-state index in [1.165, 1.54) is 28.7 Å². The Labute approximate surface area is 326 Å². The fraction of sp³-hybridized carbons (Fsp3) is 0.429. The number of hydrogen-bond donors (Lipinski definition) is 4. The van der Waals surface area contributed by atoms with Crippen molar-refractivity contribution in [1.82, 2.24) is 10.6 Å². The molecule has 300 valence electrons. The van der Waals surface area contributed by atoms with Gasteiger partial charge in [-0.3, -0.25) is 28.6 Å². The van der Waals surface area contributed by atoms with E-state index in [2.05, 4.69) is 36.6 Å². The third-order valence-corrected chi connectivity index (χ3v) is 11.7. The Morgan fingerprint density at radius 2 is 1.68 bits per heavy atom. The molecule has 0 saturated heterocycles. The lowest BCUT2D eigenvalue weighted by molar-refractivity contribution is -0.130. The number of aryl methyl sites for hydroxylation is 1. The molecular weight excluding hydrogens is 743 g/mol. The van der Waals surface area contributed by atoms with Gasteiger partial charge in [-0.1, -0.05) is 80.6 Å². The minimum atomic E-state index is -5.74. The van der Waals surface area contributed by atoms with Crippen molar-refractivity contribution in [2.45, 2.75) is 103 Å². The summed E-state index contributed by atoms with van der Waals surface area (Å²) in [5, 5.41) is 5.72. The van der Waals surface area contributed by atoms with Crippen molar-refractivity contribution < 1.29 is 47.0 Å². The molecule has 11 nitrogen and oxygen atoms in total. The van der Waals surface area contributed by atoms with Crippen LogP contribution in [0.3, 0.4) is 0 Å². The summed E-state index contributed by atoms with van der Waals surface area (Å²) in [6.07, 6.45) is 2.28. The summed E-state index contributed by atoms with van der Waals surface area (Å²) in [5.41, 5.74) is 0.198. The molecule has 0 aromatic heterocycles. The zero-order valence-electron chi connectivity index (χ0n) is 32.3. The molecule has 2 aliphatic heterocycles. The summed E-state index contributed by atoms with van der Waals surface area (Å²) in [4.78, 5) is 73.9. The van der Waals surface area contributed by atoms with E-state index >= 15 is 0 Å². The first-order valence-corrected chi connectivity index (χ1v) is 20.4. The van der Waals surface area contributed by atoms with Crippen LogP contribution in [0.25, 0.3) is 5.57 Å². The largest absolute Gasteiger partial charge is 0.399 e. The maximum atomic E-state index is 14.4. The average molecular weight is 794 g/mol. The SMILES string of the molecule is CNC(=O)CC[C@H](NC(=O)[C@@H]1Cc2cccc3c2N1C(=O)[C@@H](CC(=O)/C=C(\C)c1ccc(C(F)(F)P(=O)(O)O)cc1)CC3)[C@@H](C)OCc1ccc(C(C)C)cc1. The van der Waals surface area contributed by atoms with E-state index in [4.69, 9.17) is 14.5 Å². The molecule has 14 heteroatoms. The van der Waals surface area contributed by atoms with Crippen LogP contribution < -0.4 is 15.5 Å². The molecule has 2 heterocycles. The highest BCUT2D eigenvalue weighted by Gasteiger charge is 2.50. The fourth-order valence-corrected chi connectivity index (χ4v) is 7.76. The normalized spacial score (nSPS) is 18.3. The van der Waals surface area contributed by atoms with E-state index in [1.807, 2.05) is 37.3 Å². The standard InChI is InChI=1S/C42H50F2N3O8P/c1-25(2)29-11-9-28(10-12-29)24-55-27(4)36(19-20-38(49)45-5)46-40(50)37-23-32-8-6-7-31-13-14-33(41(51)47(37)39(31)32)22-35(48)21-26(3)30-15-17-34(18-16-30)42(43,44)56(52,53)54/h6-12,15-18,21,25,27,33,36-37H,13-14,19-20,22-24H2,1-5H3,(H,45,49)(H,46,50)(H2,52,53,54)/b26-21+/t27-,33-,36+,37+/m1/s1. The summed E-state index contributed by atoms with van der Waals surface area (Å²) in [7, 11) is -4.19. The summed E-state index contributed by atoms with van der Waals surface area (Å²) in [5.74, 6) is -1.67. The van der Waals surface area contributed by atoms with Crippen molar-refractivity contribution in [2.24, 2.45) is 5.92 Å². The van der Waals surface area contributed by atoms with Gasteiger partial charge >= 0.3 is 13.3 Å². The number of rotatable bonds is 16. The van der Waals surface area contributed by atoms with Gasteiger partial charge in [-0.25, -0.2) is 0 Å². The quantitative estimate of drug-likeness (QED) is 0.0940. The van der Waals surface area contributed by atoms with Crippen LogP contribution in [0.4, 0.5) is 14.5 Å². The van der Waals surface area contributed by atoms with Gasteiger partial charge in [0.15, 0.2) is 5.78 Å². The maximum Gasteiger partial charge on any atom is 0.399 e. The smallest absolute Gasteiger partial charge is 0.372 e. The first-order valence-electron chi connectivity index (χ1n) is 18.8. The van der Waals surface area contributed by atoms with Gasteiger partial charge in [0.1, 0.15) is 6.04 Å². The number of amides is 3. The molecule has 5 rings (SSSR count). The Hall–Kier alpha value is -4.55. The Balaban J connectivity index is 1.31. The maximum absolute atomic E-state index is 14.4. The first kappa shape index (κ1) is 42.6. The van der Waals surface area contributed by atoms with Crippen LogP contribution in [0.2, 0.25) is 0 Å². The number of halogens is 2. The number of benzene rings is 3. The number of ether oxygens (including phenoxy) is 1. The van der Waals surface area contributed by atoms with Crippen LogP contribution in [0, 0.1) is 5.92 Å². The zero-order valence-corrected chi connectivity index (χ0v) is 33.2. The molecule has 0 fully saturated rings. The van der Waals surface area contributed by atoms with E-state index in [9.17, 15) is 32.5 Å². The van der Waals surface area contributed by atoms with Crippen molar-refractivity contribution in [3.8, 4) is 0 Å². The summed E-state index contributed by atoms with van der Waals surface area (Å²) in [6.45, 7) is 7.99. The lowest BCUT2D eigenvalue weighted by Gasteiger charge is -2.31. The van der Waals surface area contributed by atoms with Crippen LogP contribution in [0.5, 0.6) is 0 Å². The highest BCUT2D eigenvalue weighted by molar-refractivity contribution is 7.52. The van der Waals surface area contributed by atoms with Gasteiger partial charge in [-0.05, 0) is 78.5 Å². The molecule has 0 radical (unpaired) electrons. The average Bonchev–Trinajstić information content (AvgIpc) is 3.50. The highest BCUT2D eigenvalue weighted by atomic mass is 31.2. The molecule has 0 saturated carbocycles. The molecule has 3 aromatic carbocycles. The number of nitrogens with one attached hydrogen (secondary N) is 2. The van der Waals surface area contributed by atoms with E-state index in [-0.39, 0.29) is 36.9 Å². The van der Waals surface area contributed by atoms with Crippen LogP contribution in [-0.2, 0) is 53.6 Å². The van der Waals surface area contributed by atoms with E-state index in [0.717, 1.165) is 28.8 Å². The second kappa shape index (κ2) is 17.7. The Kier molecular flexibility index (Phi) is 13.5. The fourth-order valence-electron chi connectivity index (χ4n) is 7.27. The molecule has 0 bridgehead atoms. The molecule has 4 atom stereocenters. The van der Waals surface area contributed by atoms with Crippen LogP contribution in [0.1, 0.15) is 92.7 Å². The lowest BCUT2D eigenvalue weighted by atomic mass is 9.92. The summed E-state index contributed by atoms with van der Waals surface area (Å²) in [6, 6.07) is 16.7. The molecular formula is C42H50F2N3O8P. The monoisotopic (exact) mass is 793 g/mol. The number of allylic oxidation sites excluding steroid dienone is 2. The minimum absolute atomic E-state index is 0.150. The van der Waals surface area contributed by atoms with Gasteiger partial charge < -0.3 is 25.2 Å². The highest BCUT2D eigenvalue weighted by Crippen LogP contribution is 2.59. The molecule has 0 aliphatic carbocycles. The van der Waals surface area contributed by atoms with Gasteiger partial charge in [-0.15, -0.1) is 0 Å². The summed E-state index contributed by atoms with van der Waals surface area (Å²) >= 11 is 0. The second-order valence-electron chi connectivity index (χ2n) is 15.0. The van der Waals surface area contributed by atoms with Crippen molar-refractivity contribution in [1.29, 1.82) is 0 Å². The number of alkyl halides is 2. The number of hydrogen-bond acceptors (Lipinski definition) is 6. The van der Waals surface area contributed by atoms with Crippen molar-refractivity contribution in [3.63, 3.8) is 0 Å². The number of carbonyl (C=O) groups is 4. The summed E-state index contributed by atoms with van der Waals surface area (Å²) < 4.78 is 45.8. The molecule has 0 unspecified atom stereocenters. The number of carbonyl (C=O) groups excluding carboxylic acids is 4. The Bertz CT molecular complexity index is 2010. The van der Waals surface area contributed by atoms with Gasteiger partial charge in [0.25, 0.3) is 0 Å². The van der Waals surface area contributed by atoms with E-state index in [1.54, 1.807) is 14.0 Å². The predicted octanol–water partition coefficient (Wildman–Crippen LogP) is 6.54. The molecule has 2 aliphatic rings. The van der Waals surface area contributed by atoms with E-state index < -0.39 is 48.8 Å². The van der Waals surface area contributed by atoms with Crippen molar-refractivity contribution >= 4 is 42.4 Å². The van der Waals surface area contributed by atoms with Crippen molar-refractivity contribution in [2.75, 3.05) is 11.9 Å². The van der Waals surface area contributed by atoms with Gasteiger partial charge in [0, 0.05) is 37.8 Å². The van der Waals surface area contributed by atoms with Crippen molar-refractivity contribution in [3.05, 3.63) is 106 Å². The molecule has 3 amide bonds. The molecule has 3 aromatic rings. The van der Waals surface area contributed by atoms with Crippen LogP contribution >= 0.6 is 7.60 Å². The number of anilines is 1. The van der Waals surface area contributed by atoms with Gasteiger partial charge in [0.2, 0.25) is 17.7 Å². The molecule has 0 spiro atoms. The van der Waals surface area contributed by atoms with Crippen LogP contribution in [0.15, 0.2) is 72.8 Å². The Morgan fingerprint density at radius 1 is 1.02 bits per heavy atom. The molecule has 56 heavy (non-hydrogen) atoms. The minimum Gasteiger partial charge on any atom is -0.372 e. The second-order valence-corrected chi connectivity index (χ2v) is 16.6. The lowest BCUT2D eigenvalue weighted by Crippen LogP contribution is -2.54. The first-order chi connectivity index (χ1) is 26.4. The zero-order chi connectivity index (χ0) is 40.9. The molecule has 4 N–H and O–H groups in total. The van der Waals surface area contributed by atoms with E-state index in [0.29, 0.717) is 48.6 Å². The third-order valence-electron chi connectivity index (χ3n) is 10.7. The third kappa shape index (κ3) is 9.69. The van der Waals surface area contributed by atoms with Gasteiger partial charge in [-0.2, -0.15) is 8.78 Å². The predicted molar refractivity (Wildman–Crippen MR) is 209 cm³/mol. The topological polar surface area (TPSA) is 162 Å². The van der Waals surface area contributed by atoms with Gasteiger partial charge in [0.05, 0.1) is 24.4 Å². The van der Waals surface area contributed by atoms with Crippen LogP contribution in [-0.4, -0.2) is 58.5 Å². The number of para-hydroxylation sites is 1. The Morgan fingerprint density at radius 3 is 2.30 bits per heavy atom. The number of nitrogens with zero attached hydrogens (tertiary/aromatic N) is 1.